The molecule has 0 unspecified atom stereocenters. The summed E-state index contributed by atoms with van der Waals surface area (Å²) in [5.74, 6) is 1.45. The second-order valence-electron chi connectivity index (χ2n) is 11.0. The molecule has 2 aliphatic carbocycles. The maximum Gasteiger partial charge on any atom is 0.410 e. The topological polar surface area (TPSA) is 75.3 Å². The van der Waals surface area contributed by atoms with Crippen molar-refractivity contribution in [2.24, 2.45) is 0 Å². The lowest BCUT2D eigenvalue weighted by Crippen LogP contribution is -2.42. The molecule has 1 aliphatic heterocycles. The van der Waals surface area contributed by atoms with Crippen molar-refractivity contribution in [2.75, 3.05) is 6.54 Å². The summed E-state index contributed by atoms with van der Waals surface area (Å²) in [5.41, 5.74) is 3.26. The first-order valence-corrected chi connectivity index (χ1v) is 12.5. The van der Waals surface area contributed by atoms with E-state index in [1.807, 2.05) is 20.8 Å². The number of hydrogen-bond acceptors (Lipinski definition) is 4. The first-order valence-electron chi connectivity index (χ1n) is 12.5. The van der Waals surface area contributed by atoms with Gasteiger partial charge in [-0.15, -0.1) is 0 Å². The van der Waals surface area contributed by atoms with Gasteiger partial charge in [-0.1, -0.05) is 43.5 Å². The number of hydrogen-bond donors (Lipinski definition) is 1. The van der Waals surface area contributed by atoms with E-state index in [1.54, 1.807) is 4.90 Å². The molecular weight excluding hydrogens is 414 g/mol. The highest BCUT2D eigenvalue weighted by molar-refractivity contribution is 5.68. The number of benzene rings is 1. The number of carbonyl (C=O) groups is 1. The summed E-state index contributed by atoms with van der Waals surface area (Å²) in [6, 6.07) is 9.01. The Bertz CT molecular complexity index is 1100. The monoisotopic (exact) mass is 449 g/mol. The third-order valence-corrected chi connectivity index (χ3v) is 7.44. The summed E-state index contributed by atoms with van der Waals surface area (Å²) >= 11 is 0. The SMILES string of the molecule is CC(C)(C)OC(=O)N1CCc2nc(C3(c4cccc(C5CCCCC5)c4)CC3)[nH]c(=O)c2C1. The van der Waals surface area contributed by atoms with Crippen LogP contribution in [0.1, 0.15) is 99.8 Å². The van der Waals surface area contributed by atoms with Crippen LogP contribution in [0, 0.1) is 0 Å². The highest BCUT2D eigenvalue weighted by Crippen LogP contribution is 2.52. The van der Waals surface area contributed by atoms with E-state index in [-0.39, 0.29) is 23.6 Å². The number of fused-ring (bicyclic) bond motifs is 1. The van der Waals surface area contributed by atoms with E-state index in [9.17, 15) is 9.59 Å². The van der Waals surface area contributed by atoms with Crippen molar-refractivity contribution >= 4 is 6.09 Å². The van der Waals surface area contributed by atoms with E-state index in [2.05, 4.69) is 29.2 Å². The third kappa shape index (κ3) is 4.44. The number of H-pyrrole nitrogens is 1. The van der Waals surface area contributed by atoms with Gasteiger partial charge in [0.2, 0.25) is 0 Å². The molecule has 0 radical (unpaired) electrons. The highest BCUT2D eigenvalue weighted by Gasteiger charge is 2.49. The zero-order chi connectivity index (χ0) is 23.2. The van der Waals surface area contributed by atoms with Gasteiger partial charge in [-0.05, 0) is 63.5 Å². The van der Waals surface area contributed by atoms with Crippen LogP contribution in [0.3, 0.4) is 0 Å². The number of carbonyl (C=O) groups excluding carboxylic acids is 1. The molecular formula is C27H35N3O3. The molecule has 0 bridgehead atoms. The molecule has 2 fully saturated rings. The highest BCUT2D eigenvalue weighted by atomic mass is 16.6. The van der Waals surface area contributed by atoms with Crippen LogP contribution in [0.15, 0.2) is 29.1 Å². The first kappa shape index (κ1) is 22.2. The lowest BCUT2D eigenvalue weighted by atomic mass is 9.82. The maximum atomic E-state index is 13.1. The molecule has 0 saturated heterocycles. The van der Waals surface area contributed by atoms with Gasteiger partial charge < -0.3 is 14.6 Å². The molecule has 2 aromatic rings. The molecule has 3 aliphatic rings. The fourth-order valence-electron chi connectivity index (χ4n) is 5.45. The molecule has 0 spiro atoms. The molecule has 6 nitrogen and oxygen atoms in total. The number of rotatable bonds is 3. The Hall–Kier alpha value is -2.63. The molecule has 2 saturated carbocycles. The molecule has 33 heavy (non-hydrogen) atoms. The van der Waals surface area contributed by atoms with Crippen LogP contribution in [0.4, 0.5) is 4.79 Å². The molecule has 1 aromatic carbocycles. The van der Waals surface area contributed by atoms with Crippen molar-refractivity contribution in [1.82, 2.24) is 14.9 Å². The Morgan fingerprint density at radius 3 is 2.64 bits per heavy atom. The quantitative estimate of drug-likeness (QED) is 0.700. The standard InChI is InChI=1S/C27H35N3O3/c1-26(2,3)33-25(32)30-15-12-22-21(17-30)23(31)29-24(28-22)27(13-14-27)20-11-7-10-19(16-20)18-8-5-4-6-9-18/h7,10-11,16,18H,4-6,8-9,12-15,17H2,1-3H3,(H,28,29,31). The van der Waals surface area contributed by atoms with Crippen molar-refractivity contribution in [3.63, 3.8) is 0 Å². The lowest BCUT2D eigenvalue weighted by Gasteiger charge is -2.30. The predicted molar refractivity (Wildman–Crippen MR) is 127 cm³/mol. The first-order chi connectivity index (χ1) is 15.7. The van der Waals surface area contributed by atoms with Crippen LogP contribution < -0.4 is 5.56 Å². The molecule has 176 valence electrons. The van der Waals surface area contributed by atoms with Gasteiger partial charge >= 0.3 is 6.09 Å². The number of aromatic nitrogens is 2. The second kappa shape index (κ2) is 8.30. The summed E-state index contributed by atoms with van der Waals surface area (Å²) < 4.78 is 5.49. The summed E-state index contributed by atoms with van der Waals surface area (Å²) in [6.45, 7) is 6.31. The summed E-state index contributed by atoms with van der Waals surface area (Å²) in [5, 5.41) is 0. The van der Waals surface area contributed by atoms with Crippen molar-refractivity contribution in [2.45, 2.75) is 95.6 Å². The minimum absolute atomic E-state index is 0.127. The number of ether oxygens (including phenoxy) is 1. The largest absolute Gasteiger partial charge is 0.444 e. The van der Waals surface area contributed by atoms with Crippen LogP contribution in [0.2, 0.25) is 0 Å². The zero-order valence-electron chi connectivity index (χ0n) is 20.1. The predicted octanol–water partition coefficient (Wildman–Crippen LogP) is 5.19. The Kier molecular flexibility index (Phi) is 5.58. The van der Waals surface area contributed by atoms with Gasteiger partial charge in [0.15, 0.2) is 0 Å². The fourth-order valence-corrected chi connectivity index (χ4v) is 5.45. The lowest BCUT2D eigenvalue weighted by molar-refractivity contribution is 0.0221. The van der Waals surface area contributed by atoms with E-state index in [4.69, 9.17) is 9.72 Å². The van der Waals surface area contributed by atoms with Gasteiger partial charge in [0.25, 0.3) is 5.56 Å². The van der Waals surface area contributed by atoms with Crippen molar-refractivity contribution in [3.8, 4) is 0 Å². The fraction of sp³-hybridized carbons (Fsp3) is 0.593. The molecule has 6 heteroatoms. The van der Waals surface area contributed by atoms with Gasteiger partial charge in [-0.2, -0.15) is 0 Å². The Morgan fingerprint density at radius 2 is 1.94 bits per heavy atom. The summed E-state index contributed by atoms with van der Waals surface area (Å²) in [4.78, 5) is 35.2. The molecule has 5 rings (SSSR count). The van der Waals surface area contributed by atoms with Gasteiger partial charge in [0.05, 0.1) is 23.2 Å². The zero-order valence-corrected chi connectivity index (χ0v) is 20.1. The number of nitrogens with zero attached hydrogens (tertiary/aromatic N) is 2. The van der Waals surface area contributed by atoms with Gasteiger partial charge in [0, 0.05) is 13.0 Å². The molecule has 1 N–H and O–H groups in total. The van der Waals surface area contributed by atoms with Crippen LogP contribution in [-0.4, -0.2) is 33.1 Å². The normalized spacial score (nSPS) is 20.3. The van der Waals surface area contributed by atoms with E-state index in [1.165, 1.54) is 43.2 Å². The minimum Gasteiger partial charge on any atom is -0.444 e. The van der Waals surface area contributed by atoms with Crippen molar-refractivity contribution in [1.29, 1.82) is 0 Å². The maximum absolute atomic E-state index is 13.1. The summed E-state index contributed by atoms with van der Waals surface area (Å²) in [6.07, 6.45) is 8.75. The second-order valence-corrected chi connectivity index (χ2v) is 11.0. The minimum atomic E-state index is -0.559. The van der Waals surface area contributed by atoms with Crippen LogP contribution >= 0.6 is 0 Å². The average Bonchev–Trinajstić information content (AvgIpc) is 3.61. The van der Waals surface area contributed by atoms with E-state index in [0.717, 1.165) is 24.4 Å². The van der Waals surface area contributed by atoms with Gasteiger partial charge in [-0.3, -0.25) is 4.79 Å². The Morgan fingerprint density at radius 1 is 1.18 bits per heavy atom. The van der Waals surface area contributed by atoms with Gasteiger partial charge in [0.1, 0.15) is 11.4 Å². The van der Waals surface area contributed by atoms with Crippen molar-refractivity contribution < 1.29 is 9.53 Å². The molecule has 1 amide bonds. The van der Waals surface area contributed by atoms with Crippen LogP contribution in [0.25, 0.3) is 0 Å². The van der Waals surface area contributed by atoms with E-state index >= 15 is 0 Å². The summed E-state index contributed by atoms with van der Waals surface area (Å²) in [7, 11) is 0. The van der Waals surface area contributed by atoms with Gasteiger partial charge in [-0.25, -0.2) is 9.78 Å². The van der Waals surface area contributed by atoms with E-state index < -0.39 is 5.60 Å². The average molecular weight is 450 g/mol. The van der Waals surface area contributed by atoms with Crippen LogP contribution in [0.5, 0.6) is 0 Å². The van der Waals surface area contributed by atoms with Crippen LogP contribution in [-0.2, 0) is 23.1 Å². The smallest absolute Gasteiger partial charge is 0.410 e. The number of nitrogens with one attached hydrogen (secondary N) is 1. The molecule has 1 aromatic heterocycles. The third-order valence-electron chi connectivity index (χ3n) is 7.44. The Balaban J connectivity index is 1.40. The Labute approximate surface area is 195 Å². The molecule has 2 heterocycles. The van der Waals surface area contributed by atoms with Crippen molar-refractivity contribution in [3.05, 3.63) is 62.8 Å². The molecule has 0 atom stereocenters. The number of amides is 1. The van der Waals surface area contributed by atoms with E-state index in [0.29, 0.717) is 24.4 Å². The number of aromatic amines is 1.